The summed E-state index contributed by atoms with van der Waals surface area (Å²) in [6, 6.07) is 15.2. The second-order valence-electron chi connectivity index (χ2n) is 6.02. The van der Waals surface area contributed by atoms with Crippen LogP contribution in [-0.4, -0.2) is 14.8 Å². The minimum absolute atomic E-state index is 0.184. The molecule has 0 fully saturated rings. The second-order valence-corrected chi connectivity index (χ2v) is 6.96. The minimum atomic E-state index is -0.184. The van der Waals surface area contributed by atoms with Gasteiger partial charge in [-0.05, 0) is 23.1 Å². The van der Waals surface area contributed by atoms with Gasteiger partial charge < -0.3 is 4.57 Å². The van der Waals surface area contributed by atoms with Crippen molar-refractivity contribution in [3.8, 4) is 11.4 Å². The molecule has 0 spiro atoms. The van der Waals surface area contributed by atoms with Crippen molar-refractivity contribution in [1.82, 2.24) is 14.8 Å². The van der Waals surface area contributed by atoms with Crippen LogP contribution < -0.4 is 0 Å². The molecule has 0 bridgehead atoms. The molecule has 3 aromatic rings. The number of halogens is 1. The lowest BCUT2D eigenvalue weighted by atomic mass is 10.0. The molecule has 24 heavy (non-hydrogen) atoms. The molecule has 5 heteroatoms. The third-order valence-electron chi connectivity index (χ3n) is 3.99. The zero-order valence-corrected chi connectivity index (χ0v) is 14.8. The summed E-state index contributed by atoms with van der Waals surface area (Å²) in [6.45, 7) is 4.35. The van der Waals surface area contributed by atoms with E-state index in [-0.39, 0.29) is 5.82 Å². The molecule has 1 heterocycles. The van der Waals surface area contributed by atoms with Gasteiger partial charge in [-0.15, -0.1) is 10.2 Å². The Balaban J connectivity index is 1.77. The maximum Gasteiger partial charge on any atom is 0.191 e. The van der Waals surface area contributed by atoms with Crippen molar-refractivity contribution in [2.45, 2.75) is 30.7 Å². The monoisotopic (exact) mass is 341 g/mol. The average Bonchev–Trinajstić information content (AvgIpc) is 2.95. The van der Waals surface area contributed by atoms with E-state index in [0.29, 0.717) is 17.2 Å². The Bertz CT molecular complexity index is 825. The molecular formula is C19H20FN3S. The number of nitrogens with zero attached hydrogens (tertiary/aromatic N) is 3. The maximum atomic E-state index is 13.7. The highest BCUT2D eigenvalue weighted by atomic mass is 32.2. The maximum absolute atomic E-state index is 13.7. The van der Waals surface area contributed by atoms with Gasteiger partial charge in [-0.25, -0.2) is 4.39 Å². The Hall–Kier alpha value is -2.14. The predicted molar refractivity (Wildman–Crippen MR) is 96.5 cm³/mol. The van der Waals surface area contributed by atoms with E-state index < -0.39 is 0 Å². The number of benzene rings is 2. The SMILES string of the molecule is CC(C)c1ccc(-c2nnc(SCc3ccccc3F)n2C)cc1. The van der Waals surface area contributed by atoms with Crippen LogP contribution in [0.5, 0.6) is 0 Å². The molecule has 0 unspecified atom stereocenters. The van der Waals surface area contributed by atoms with Gasteiger partial charge in [0.1, 0.15) is 5.82 Å². The van der Waals surface area contributed by atoms with E-state index >= 15 is 0 Å². The fourth-order valence-corrected chi connectivity index (χ4v) is 3.36. The molecule has 124 valence electrons. The van der Waals surface area contributed by atoms with Gasteiger partial charge in [0, 0.05) is 18.4 Å². The van der Waals surface area contributed by atoms with Crippen LogP contribution in [0.2, 0.25) is 0 Å². The zero-order chi connectivity index (χ0) is 17.1. The first-order chi connectivity index (χ1) is 11.6. The van der Waals surface area contributed by atoms with Gasteiger partial charge in [0.05, 0.1) is 0 Å². The largest absolute Gasteiger partial charge is 0.305 e. The van der Waals surface area contributed by atoms with E-state index in [4.69, 9.17) is 0 Å². The van der Waals surface area contributed by atoms with Crippen LogP contribution in [0.15, 0.2) is 53.7 Å². The van der Waals surface area contributed by atoms with E-state index in [1.54, 1.807) is 12.1 Å². The molecule has 0 saturated heterocycles. The highest BCUT2D eigenvalue weighted by Gasteiger charge is 2.12. The summed E-state index contributed by atoms with van der Waals surface area (Å²) in [4.78, 5) is 0. The Morgan fingerprint density at radius 2 is 1.75 bits per heavy atom. The summed E-state index contributed by atoms with van der Waals surface area (Å²) in [5, 5.41) is 9.32. The number of aromatic nitrogens is 3. The highest BCUT2D eigenvalue weighted by Crippen LogP contribution is 2.27. The second kappa shape index (κ2) is 7.18. The molecule has 3 nitrogen and oxygen atoms in total. The summed E-state index contributed by atoms with van der Waals surface area (Å²) in [6.07, 6.45) is 0. The van der Waals surface area contributed by atoms with Crippen molar-refractivity contribution >= 4 is 11.8 Å². The molecule has 0 N–H and O–H groups in total. The van der Waals surface area contributed by atoms with Crippen LogP contribution in [-0.2, 0) is 12.8 Å². The van der Waals surface area contributed by atoms with Crippen LogP contribution in [0.4, 0.5) is 4.39 Å². The molecule has 0 saturated carbocycles. The third kappa shape index (κ3) is 3.51. The van der Waals surface area contributed by atoms with Gasteiger partial charge in [-0.1, -0.05) is 68.1 Å². The fourth-order valence-electron chi connectivity index (χ4n) is 2.47. The van der Waals surface area contributed by atoms with Crippen LogP contribution in [0.25, 0.3) is 11.4 Å². The molecule has 1 aromatic heterocycles. The van der Waals surface area contributed by atoms with Crippen LogP contribution in [0, 0.1) is 5.82 Å². The van der Waals surface area contributed by atoms with Gasteiger partial charge in [-0.2, -0.15) is 0 Å². The molecule has 0 radical (unpaired) electrons. The summed E-state index contributed by atoms with van der Waals surface area (Å²) < 4.78 is 15.7. The van der Waals surface area contributed by atoms with Crippen LogP contribution in [0.3, 0.4) is 0 Å². The summed E-state index contributed by atoms with van der Waals surface area (Å²) >= 11 is 1.49. The van der Waals surface area contributed by atoms with Crippen molar-refractivity contribution in [3.05, 3.63) is 65.5 Å². The third-order valence-corrected chi connectivity index (χ3v) is 5.05. The first-order valence-electron chi connectivity index (χ1n) is 7.92. The molecule has 0 aliphatic heterocycles. The standard InChI is InChI=1S/C19H20FN3S/c1-13(2)14-8-10-15(11-9-14)18-21-22-19(23(18)3)24-12-16-6-4-5-7-17(16)20/h4-11,13H,12H2,1-3H3. The van der Waals surface area contributed by atoms with Crippen LogP contribution in [0.1, 0.15) is 30.9 Å². The smallest absolute Gasteiger partial charge is 0.191 e. The van der Waals surface area contributed by atoms with Gasteiger partial charge in [0.15, 0.2) is 11.0 Å². The quantitative estimate of drug-likeness (QED) is 0.609. The number of hydrogen-bond acceptors (Lipinski definition) is 3. The normalized spacial score (nSPS) is 11.2. The van der Waals surface area contributed by atoms with Gasteiger partial charge >= 0.3 is 0 Å². The Labute approximate surface area is 145 Å². The number of hydrogen-bond donors (Lipinski definition) is 0. The van der Waals surface area contributed by atoms with Crippen molar-refractivity contribution < 1.29 is 4.39 Å². The van der Waals surface area contributed by atoms with Gasteiger partial charge in [0.25, 0.3) is 0 Å². The average molecular weight is 341 g/mol. The van der Waals surface area contributed by atoms with Crippen LogP contribution >= 0.6 is 11.8 Å². The molecule has 0 atom stereocenters. The lowest BCUT2D eigenvalue weighted by Crippen LogP contribution is -1.96. The summed E-state index contributed by atoms with van der Waals surface area (Å²) in [5.41, 5.74) is 3.01. The number of rotatable bonds is 5. The molecule has 2 aromatic carbocycles. The first-order valence-corrected chi connectivity index (χ1v) is 8.90. The molecule has 3 rings (SSSR count). The Morgan fingerprint density at radius 1 is 1.04 bits per heavy atom. The van der Waals surface area contributed by atoms with E-state index in [0.717, 1.165) is 16.5 Å². The minimum Gasteiger partial charge on any atom is -0.305 e. The van der Waals surface area contributed by atoms with E-state index in [1.165, 1.54) is 23.4 Å². The fraction of sp³-hybridized carbons (Fsp3) is 0.263. The zero-order valence-electron chi connectivity index (χ0n) is 14.0. The summed E-state index contributed by atoms with van der Waals surface area (Å²) in [5.74, 6) is 1.67. The van der Waals surface area contributed by atoms with E-state index in [9.17, 15) is 4.39 Å². The lowest BCUT2D eigenvalue weighted by Gasteiger charge is -2.07. The number of thioether (sulfide) groups is 1. The van der Waals surface area contributed by atoms with E-state index in [2.05, 4.69) is 48.3 Å². The predicted octanol–water partition coefficient (Wildman–Crippen LogP) is 5.04. The van der Waals surface area contributed by atoms with Crippen molar-refractivity contribution in [3.63, 3.8) is 0 Å². The first kappa shape index (κ1) is 16.7. The topological polar surface area (TPSA) is 30.7 Å². The van der Waals surface area contributed by atoms with Gasteiger partial charge in [-0.3, -0.25) is 0 Å². The molecular weight excluding hydrogens is 321 g/mol. The Morgan fingerprint density at radius 3 is 2.42 bits per heavy atom. The van der Waals surface area contributed by atoms with E-state index in [1.807, 2.05) is 17.7 Å². The Kier molecular flexibility index (Phi) is 5.00. The molecule has 0 amide bonds. The van der Waals surface area contributed by atoms with Crippen molar-refractivity contribution in [2.24, 2.45) is 7.05 Å². The molecule has 0 aliphatic carbocycles. The van der Waals surface area contributed by atoms with Crippen molar-refractivity contribution in [2.75, 3.05) is 0 Å². The summed E-state index contributed by atoms with van der Waals surface area (Å²) in [7, 11) is 1.94. The molecule has 0 aliphatic rings. The van der Waals surface area contributed by atoms with Gasteiger partial charge in [0.2, 0.25) is 0 Å². The van der Waals surface area contributed by atoms with Crippen molar-refractivity contribution in [1.29, 1.82) is 0 Å². The lowest BCUT2D eigenvalue weighted by molar-refractivity contribution is 0.617. The highest BCUT2D eigenvalue weighted by molar-refractivity contribution is 7.98.